The van der Waals surface area contributed by atoms with E-state index in [1.54, 1.807) is 4.90 Å². The Morgan fingerprint density at radius 1 is 1.25 bits per heavy atom. The first kappa shape index (κ1) is 15.0. The Morgan fingerprint density at radius 3 is 2.50 bits per heavy atom. The molecule has 0 aliphatic heterocycles. The van der Waals surface area contributed by atoms with Crippen LogP contribution in [0.1, 0.15) is 54.6 Å². The van der Waals surface area contributed by atoms with Crippen molar-refractivity contribution in [3.8, 4) is 0 Å². The molecule has 2 rings (SSSR count). The first-order valence-corrected chi connectivity index (χ1v) is 8.12. The number of hydrogen-bond donors (Lipinski definition) is 1. The number of carboxylic acid groups (broad SMARTS) is 1. The molecule has 0 bridgehead atoms. The molecule has 0 unspecified atom stereocenters. The van der Waals surface area contributed by atoms with Crippen LogP contribution >= 0.6 is 11.3 Å². The molecule has 0 spiro atoms. The summed E-state index contributed by atoms with van der Waals surface area (Å²) in [5, 5.41) is 10.8. The molecule has 5 heteroatoms. The Labute approximate surface area is 123 Å². The Hall–Kier alpha value is -1.36. The van der Waals surface area contributed by atoms with Gasteiger partial charge in [-0.15, -0.1) is 11.3 Å². The van der Waals surface area contributed by atoms with Gasteiger partial charge in [-0.05, 0) is 24.3 Å². The average molecular weight is 295 g/mol. The molecule has 4 nitrogen and oxygen atoms in total. The van der Waals surface area contributed by atoms with E-state index in [-0.39, 0.29) is 18.4 Å². The molecule has 1 aromatic heterocycles. The third-order valence-corrected chi connectivity index (χ3v) is 4.68. The minimum Gasteiger partial charge on any atom is -0.481 e. The Kier molecular flexibility index (Phi) is 5.59. The van der Waals surface area contributed by atoms with Crippen molar-refractivity contribution < 1.29 is 14.7 Å². The summed E-state index contributed by atoms with van der Waals surface area (Å²) in [6.45, 7) is 0.316. The van der Waals surface area contributed by atoms with Crippen molar-refractivity contribution in [3.63, 3.8) is 0 Å². The number of carbonyl (C=O) groups is 2. The first-order chi connectivity index (χ1) is 9.68. The summed E-state index contributed by atoms with van der Waals surface area (Å²) >= 11 is 1.42. The van der Waals surface area contributed by atoms with Crippen molar-refractivity contribution in [2.75, 3.05) is 6.54 Å². The van der Waals surface area contributed by atoms with E-state index in [2.05, 4.69) is 0 Å². The van der Waals surface area contributed by atoms with Crippen molar-refractivity contribution in [1.29, 1.82) is 0 Å². The largest absolute Gasteiger partial charge is 0.481 e. The molecule has 1 aliphatic rings. The molecule has 0 saturated heterocycles. The zero-order valence-electron chi connectivity index (χ0n) is 11.6. The predicted octanol–water partition coefficient (Wildman–Crippen LogP) is 3.39. The number of thiophene rings is 1. The van der Waals surface area contributed by atoms with Gasteiger partial charge in [0, 0.05) is 12.6 Å². The van der Waals surface area contributed by atoms with Crippen LogP contribution in [0.25, 0.3) is 0 Å². The van der Waals surface area contributed by atoms with Crippen molar-refractivity contribution >= 4 is 23.2 Å². The lowest BCUT2D eigenvalue weighted by molar-refractivity contribution is -0.137. The number of carbonyl (C=O) groups excluding carboxylic acids is 1. The molecular weight excluding hydrogens is 274 g/mol. The molecule has 20 heavy (non-hydrogen) atoms. The maximum Gasteiger partial charge on any atom is 0.305 e. The van der Waals surface area contributed by atoms with Gasteiger partial charge < -0.3 is 10.0 Å². The zero-order chi connectivity index (χ0) is 14.4. The smallest absolute Gasteiger partial charge is 0.305 e. The molecule has 110 valence electrons. The third kappa shape index (κ3) is 4.07. The lowest BCUT2D eigenvalue weighted by Crippen LogP contribution is -2.41. The van der Waals surface area contributed by atoms with E-state index in [9.17, 15) is 9.59 Å². The molecule has 1 fully saturated rings. The van der Waals surface area contributed by atoms with Crippen LogP contribution in [0.3, 0.4) is 0 Å². The second-order valence-electron chi connectivity index (χ2n) is 5.26. The van der Waals surface area contributed by atoms with Gasteiger partial charge in [0.05, 0.1) is 11.3 Å². The van der Waals surface area contributed by atoms with Crippen LogP contribution in [-0.4, -0.2) is 34.5 Å². The Balaban J connectivity index is 2.10. The average Bonchev–Trinajstić information content (AvgIpc) is 2.83. The summed E-state index contributed by atoms with van der Waals surface area (Å²) in [6, 6.07) is 3.88. The molecule has 1 aromatic rings. The van der Waals surface area contributed by atoms with Gasteiger partial charge in [-0.25, -0.2) is 0 Å². The zero-order valence-corrected chi connectivity index (χ0v) is 12.4. The molecule has 1 N–H and O–H groups in total. The van der Waals surface area contributed by atoms with Gasteiger partial charge in [-0.3, -0.25) is 9.59 Å². The fourth-order valence-corrected chi connectivity index (χ4v) is 3.46. The maximum absolute atomic E-state index is 12.6. The maximum atomic E-state index is 12.6. The highest BCUT2D eigenvalue weighted by molar-refractivity contribution is 7.12. The van der Waals surface area contributed by atoms with E-state index in [1.165, 1.54) is 24.2 Å². The van der Waals surface area contributed by atoms with E-state index < -0.39 is 5.97 Å². The Bertz CT molecular complexity index is 436. The van der Waals surface area contributed by atoms with Crippen molar-refractivity contribution in [3.05, 3.63) is 22.4 Å². The summed E-state index contributed by atoms with van der Waals surface area (Å²) in [6.07, 6.45) is 6.71. The predicted molar refractivity (Wildman–Crippen MR) is 79.1 cm³/mol. The van der Waals surface area contributed by atoms with Crippen molar-refractivity contribution in [2.45, 2.75) is 51.0 Å². The van der Waals surface area contributed by atoms with E-state index in [0.717, 1.165) is 25.7 Å². The van der Waals surface area contributed by atoms with Gasteiger partial charge in [0.1, 0.15) is 0 Å². The first-order valence-electron chi connectivity index (χ1n) is 7.25. The second kappa shape index (κ2) is 7.43. The van der Waals surface area contributed by atoms with Crippen LogP contribution in [-0.2, 0) is 4.79 Å². The highest BCUT2D eigenvalue weighted by Gasteiger charge is 2.26. The van der Waals surface area contributed by atoms with Gasteiger partial charge in [0.15, 0.2) is 0 Å². The quantitative estimate of drug-likeness (QED) is 0.847. The molecular formula is C15H21NO3S. The number of aliphatic carboxylic acids is 1. The van der Waals surface area contributed by atoms with Crippen LogP contribution < -0.4 is 0 Å². The van der Waals surface area contributed by atoms with E-state index in [0.29, 0.717) is 11.4 Å². The van der Waals surface area contributed by atoms with Gasteiger partial charge in [0.2, 0.25) is 0 Å². The summed E-state index contributed by atoms with van der Waals surface area (Å²) in [5.74, 6) is -0.851. The summed E-state index contributed by atoms with van der Waals surface area (Å²) in [7, 11) is 0. The van der Waals surface area contributed by atoms with Crippen LogP contribution in [0.5, 0.6) is 0 Å². The van der Waals surface area contributed by atoms with Crippen molar-refractivity contribution in [2.24, 2.45) is 0 Å². The lowest BCUT2D eigenvalue weighted by Gasteiger charge is -2.30. The second-order valence-corrected chi connectivity index (χ2v) is 6.21. The highest BCUT2D eigenvalue weighted by atomic mass is 32.1. The lowest BCUT2D eigenvalue weighted by atomic mass is 10.1. The monoisotopic (exact) mass is 295 g/mol. The van der Waals surface area contributed by atoms with Gasteiger partial charge in [-0.1, -0.05) is 31.7 Å². The molecule has 0 radical (unpaired) electrons. The minimum absolute atomic E-state index is 0.00634. The van der Waals surface area contributed by atoms with E-state index in [1.807, 2.05) is 17.5 Å². The van der Waals surface area contributed by atoms with E-state index >= 15 is 0 Å². The molecule has 1 amide bonds. The van der Waals surface area contributed by atoms with Crippen LogP contribution in [0, 0.1) is 0 Å². The minimum atomic E-state index is -0.845. The fraction of sp³-hybridized carbons (Fsp3) is 0.600. The highest BCUT2D eigenvalue weighted by Crippen LogP contribution is 2.24. The molecule has 1 saturated carbocycles. The number of carboxylic acids is 1. The third-order valence-electron chi connectivity index (χ3n) is 3.82. The Morgan fingerprint density at radius 2 is 1.95 bits per heavy atom. The fourth-order valence-electron chi connectivity index (χ4n) is 2.78. The normalized spacial score (nSPS) is 16.6. The molecule has 0 atom stereocenters. The van der Waals surface area contributed by atoms with Crippen LogP contribution in [0.2, 0.25) is 0 Å². The standard InChI is InChI=1S/C15H21NO3S/c17-14(18)9-10-16(12-6-3-1-2-4-7-12)15(19)13-8-5-11-20-13/h5,8,11-12H,1-4,6-7,9-10H2,(H,17,18). The number of amides is 1. The number of nitrogens with zero attached hydrogens (tertiary/aromatic N) is 1. The van der Waals surface area contributed by atoms with Gasteiger partial charge >= 0.3 is 5.97 Å². The summed E-state index contributed by atoms with van der Waals surface area (Å²) in [4.78, 5) is 25.9. The number of hydrogen-bond acceptors (Lipinski definition) is 3. The SMILES string of the molecule is O=C(O)CCN(C(=O)c1cccs1)C1CCCCCC1. The van der Waals surface area contributed by atoms with Crippen LogP contribution in [0.15, 0.2) is 17.5 Å². The van der Waals surface area contributed by atoms with E-state index in [4.69, 9.17) is 5.11 Å². The number of rotatable bonds is 5. The van der Waals surface area contributed by atoms with Crippen molar-refractivity contribution in [1.82, 2.24) is 4.90 Å². The summed E-state index contributed by atoms with van der Waals surface area (Å²) in [5.41, 5.74) is 0. The van der Waals surface area contributed by atoms with Gasteiger partial charge in [0.25, 0.3) is 5.91 Å². The summed E-state index contributed by atoms with van der Waals surface area (Å²) < 4.78 is 0. The molecule has 0 aromatic carbocycles. The molecule has 1 heterocycles. The topological polar surface area (TPSA) is 57.6 Å². The van der Waals surface area contributed by atoms with Gasteiger partial charge in [-0.2, -0.15) is 0 Å². The molecule has 1 aliphatic carbocycles. The van der Waals surface area contributed by atoms with Crippen LogP contribution in [0.4, 0.5) is 0 Å².